The van der Waals surface area contributed by atoms with Gasteiger partial charge in [0.05, 0.1) is 23.4 Å². The summed E-state index contributed by atoms with van der Waals surface area (Å²) in [4.78, 5) is 21.2. The zero-order valence-electron chi connectivity index (χ0n) is 17.9. The number of halogens is 1. The summed E-state index contributed by atoms with van der Waals surface area (Å²) >= 11 is 0. The monoisotopic (exact) mass is 434 g/mol. The fraction of sp³-hybridized carbons (Fsp3) is 0.304. The van der Waals surface area contributed by atoms with E-state index < -0.39 is 6.67 Å². The number of pyridine rings is 1. The number of likely N-dealkylation sites (N-methyl/N-ethyl adjacent to an activating group) is 1. The number of nitriles is 1. The highest BCUT2D eigenvalue weighted by Gasteiger charge is 2.25. The molecule has 8 nitrogen and oxygen atoms in total. The van der Waals surface area contributed by atoms with Crippen LogP contribution in [0.3, 0.4) is 0 Å². The van der Waals surface area contributed by atoms with E-state index in [1.165, 1.54) is 29.2 Å². The normalized spacial score (nSPS) is 16.7. The molecule has 1 unspecified atom stereocenters. The number of nitrogens with zero attached hydrogens (tertiary/aromatic N) is 6. The van der Waals surface area contributed by atoms with Crippen molar-refractivity contribution < 1.29 is 14.3 Å². The number of alkyl halides is 1. The van der Waals surface area contributed by atoms with Crippen LogP contribution in [0.4, 0.5) is 4.39 Å². The summed E-state index contributed by atoms with van der Waals surface area (Å²) in [5, 5.41) is 23.8. The topological polar surface area (TPSA) is 98.3 Å². The van der Waals surface area contributed by atoms with E-state index in [9.17, 15) is 14.3 Å². The minimum Gasteiger partial charge on any atom is -0.504 e. The molecule has 0 bridgehead atoms. The lowest BCUT2D eigenvalue weighted by Crippen LogP contribution is -2.52. The Morgan fingerprint density at radius 2 is 2.12 bits per heavy atom. The molecule has 3 aromatic rings. The first-order chi connectivity index (χ1) is 15.4. The highest BCUT2D eigenvalue weighted by atomic mass is 19.1. The summed E-state index contributed by atoms with van der Waals surface area (Å²) in [7, 11) is 2.05. The van der Waals surface area contributed by atoms with Crippen LogP contribution in [-0.2, 0) is 6.67 Å². The Bertz CT molecular complexity index is 1180. The van der Waals surface area contributed by atoms with Crippen molar-refractivity contribution in [3.63, 3.8) is 0 Å². The number of benzene rings is 1. The summed E-state index contributed by atoms with van der Waals surface area (Å²) < 4.78 is 14.6. The number of carbonyl (C=O) groups is 1. The first kappa shape index (κ1) is 21.5. The Hall–Kier alpha value is -3.77. The van der Waals surface area contributed by atoms with Crippen molar-refractivity contribution in [2.75, 3.05) is 26.7 Å². The van der Waals surface area contributed by atoms with Gasteiger partial charge in [-0.05, 0) is 38.2 Å². The highest BCUT2D eigenvalue weighted by molar-refractivity contribution is 5.94. The van der Waals surface area contributed by atoms with Gasteiger partial charge in [0, 0.05) is 43.0 Å². The van der Waals surface area contributed by atoms with Crippen LogP contribution in [0.25, 0.3) is 17.1 Å². The lowest BCUT2D eigenvalue weighted by Gasteiger charge is -2.37. The van der Waals surface area contributed by atoms with Crippen molar-refractivity contribution >= 4 is 5.91 Å². The second-order valence-electron chi connectivity index (χ2n) is 7.91. The summed E-state index contributed by atoms with van der Waals surface area (Å²) in [5.41, 5.74) is 1.70. The summed E-state index contributed by atoms with van der Waals surface area (Å²) in [6, 6.07) is 10.2. The fourth-order valence-electron chi connectivity index (χ4n) is 3.71. The fourth-order valence-corrected chi connectivity index (χ4v) is 3.71. The van der Waals surface area contributed by atoms with Crippen molar-refractivity contribution in [2.45, 2.75) is 19.6 Å². The van der Waals surface area contributed by atoms with Gasteiger partial charge in [0.2, 0.25) is 0 Å². The van der Waals surface area contributed by atoms with Gasteiger partial charge in [0.1, 0.15) is 12.4 Å². The molecule has 1 atom stereocenters. The van der Waals surface area contributed by atoms with E-state index in [-0.39, 0.29) is 28.5 Å². The lowest BCUT2D eigenvalue weighted by molar-refractivity contribution is 0.0572. The summed E-state index contributed by atoms with van der Waals surface area (Å²) in [6.07, 6.45) is 2.90. The number of hydrogen-bond donors (Lipinski definition) is 1. The second kappa shape index (κ2) is 8.77. The number of aromatic nitrogens is 3. The van der Waals surface area contributed by atoms with Gasteiger partial charge in [-0.1, -0.05) is 6.07 Å². The number of rotatable bonds is 4. The van der Waals surface area contributed by atoms with Crippen molar-refractivity contribution in [3.8, 4) is 28.9 Å². The molecule has 1 amide bonds. The molecule has 3 heterocycles. The maximum atomic E-state index is 13.2. The summed E-state index contributed by atoms with van der Waals surface area (Å²) in [5.74, 6) is 0.256. The van der Waals surface area contributed by atoms with Gasteiger partial charge in [0.15, 0.2) is 11.6 Å². The van der Waals surface area contributed by atoms with Gasteiger partial charge in [-0.25, -0.2) is 14.1 Å². The van der Waals surface area contributed by atoms with Crippen molar-refractivity contribution in [1.29, 1.82) is 5.26 Å². The van der Waals surface area contributed by atoms with E-state index in [0.717, 1.165) is 6.54 Å². The number of amides is 1. The molecule has 32 heavy (non-hydrogen) atoms. The van der Waals surface area contributed by atoms with E-state index in [2.05, 4.69) is 21.9 Å². The van der Waals surface area contributed by atoms with Crippen LogP contribution in [0, 0.1) is 11.3 Å². The predicted octanol–water partition coefficient (Wildman–Crippen LogP) is 2.76. The Morgan fingerprint density at radius 1 is 1.31 bits per heavy atom. The molecule has 0 spiro atoms. The Morgan fingerprint density at radius 3 is 2.78 bits per heavy atom. The largest absolute Gasteiger partial charge is 0.504 e. The van der Waals surface area contributed by atoms with Crippen LogP contribution in [0.2, 0.25) is 0 Å². The van der Waals surface area contributed by atoms with E-state index in [4.69, 9.17) is 5.26 Å². The van der Waals surface area contributed by atoms with Crippen molar-refractivity contribution in [1.82, 2.24) is 24.6 Å². The molecule has 2 aromatic heterocycles. The molecule has 1 fully saturated rings. The first-order valence-electron chi connectivity index (χ1n) is 10.2. The average molecular weight is 434 g/mol. The SMILES string of the molecule is CC1CN(C(=O)c2ccc(-n3cc(O)c(-c4ccc(C#N)c(CF)c4)n3)nc2)CCN1C. The smallest absolute Gasteiger partial charge is 0.255 e. The van der Waals surface area contributed by atoms with Gasteiger partial charge in [-0.2, -0.15) is 10.4 Å². The van der Waals surface area contributed by atoms with Gasteiger partial charge >= 0.3 is 0 Å². The third-order valence-corrected chi connectivity index (χ3v) is 5.81. The van der Waals surface area contributed by atoms with Gasteiger partial charge < -0.3 is 14.9 Å². The van der Waals surface area contributed by atoms with Crippen LogP contribution in [0.1, 0.15) is 28.4 Å². The van der Waals surface area contributed by atoms with E-state index in [1.54, 1.807) is 18.2 Å². The van der Waals surface area contributed by atoms with Crippen LogP contribution < -0.4 is 0 Å². The number of aromatic hydroxyl groups is 1. The van der Waals surface area contributed by atoms with Crippen LogP contribution in [0.15, 0.2) is 42.7 Å². The molecule has 0 saturated carbocycles. The Balaban J connectivity index is 1.56. The molecular formula is C23H23FN6O2. The molecule has 164 valence electrons. The minimum atomic E-state index is -0.790. The van der Waals surface area contributed by atoms with E-state index in [1.807, 2.05) is 18.0 Å². The number of piperazine rings is 1. The molecular weight excluding hydrogens is 411 g/mol. The van der Waals surface area contributed by atoms with Crippen molar-refractivity contribution in [2.24, 2.45) is 0 Å². The molecule has 1 aliphatic heterocycles. The van der Waals surface area contributed by atoms with Gasteiger partial charge in [0.25, 0.3) is 5.91 Å². The third kappa shape index (κ3) is 4.05. The zero-order chi connectivity index (χ0) is 22.8. The molecule has 1 aliphatic rings. The van der Waals surface area contributed by atoms with Crippen molar-refractivity contribution in [3.05, 3.63) is 59.4 Å². The van der Waals surface area contributed by atoms with Crippen LogP contribution in [0.5, 0.6) is 5.75 Å². The Labute approximate surface area is 185 Å². The molecule has 0 aliphatic carbocycles. The predicted molar refractivity (Wildman–Crippen MR) is 116 cm³/mol. The number of hydrogen-bond acceptors (Lipinski definition) is 6. The molecule has 4 rings (SSSR count). The molecule has 1 aromatic carbocycles. The lowest BCUT2D eigenvalue weighted by atomic mass is 10.0. The van der Waals surface area contributed by atoms with E-state index >= 15 is 0 Å². The molecule has 1 saturated heterocycles. The molecule has 1 N–H and O–H groups in total. The quantitative estimate of drug-likeness (QED) is 0.678. The van der Waals surface area contributed by atoms with Gasteiger partial charge in [-0.3, -0.25) is 4.79 Å². The number of carbonyl (C=O) groups excluding carboxylic acids is 1. The second-order valence-corrected chi connectivity index (χ2v) is 7.91. The van der Waals surface area contributed by atoms with Crippen LogP contribution in [-0.4, -0.2) is 68.3 Å². The van der Waals surface area contributed by atoms with Gasteiger partial charge in [-0.15, -0.1) is 0 Å². The molecule has 0 radical (unpaired) electrons. The molecule has 9 heteroatoms. The maximum absolute atomic E-state index is 13.2. The standard InChI is InChI=1S/C23H23FN6O2/c1-15-13-29(8-7-28(15)2)23(32)18-5-6-21(26-12-18)30-14-20(31)22(27-30)16-3-4-17(11-25)19(9-16)10-24/h3-6,9,12,14-15,31H,7-8,10,13H2,1-2H3. The minimum absolute atomic E-state index is 0.0654. The highest BCUT2D eigenvalue weighted by Crippen LogP contribution is 2.30. The zero-order valence-corrected chi connectivity index (χ0v) is 17.9. The first-order valence-corrected chi connectivity index (χ1v) is 10.2. The van der Waals surface area contributed by atoms with E-state index in [0.29, 0.717) is 36.1 Å². The third-order valence-electron chi connectivity index (χ3n) is 5.81. The Kier molecular flexibility index (Phi) is 5.88. The maximum Gasteiger partial charge on any atom is 0.255 e. The summed E-state index contributed by atoms with van der Waals surface area (Å²) in [6.45, 7) is 3.46. The van der Waals surface area contributed by atoms with Crippen LogP contribution >= 0.6 is 0 Å². The average Bonchev–Trinajstić information content (AvgIpc) is 3.21.